The van der Waals surface area contributed by atoms with Crippen molar-refractivity contribution in [3.63, 3.8) is 0 Å². The number of aryl methyl sites for hydroxylation is 1. The molecule has 0 aliphatic heterocycles. The highest BCUT2D eigenvalue weighted by atomic mass is 16.5. The summed E-state index contributed by atoms with van der Waals surface area (Å²) in [6.45, 7) is 5.10. The third-order valence-corrected chi connectivity index (χ3v) is 4.19. The van der Waals surface area contributed by atoms with Gasteiger partial charge in [0, 0.05) is 19.4 Å². The number of ether oxygens (including phenoxy) is 1. The number of para-hydroxylation sites is 2. The molecule has 136 valence electrons. The van der Waals surface area contributed by atoms with Gasteiger partial charge in [0.25, 0.3) is 0 Å². The summed E-state index contributed by atoms with van der Waals surface area (Å²) in [7, 11) is 0. The molecule has 0 aliphatic carbocycles. The molecule has 0 saturated carbocycles. The van der Waals surface area contributed by atoms with Crippen LogP contribution in [0.5, 0.6) is 0 Å². The van der Waals surface area contributed by atoms with Gasteiger partial charge in [-0.3, -0.25) is 4.79 Å². The number of hydrogen-bond donors (Lipinski definition) is 2. The Hall–Kier alpha value is -2.66. The minimum absolute atomic E-state index is 0.0186. The second kappa shape index (κ2) is 8.63. The highest BCUT2D eigenvalue weighted by Crippen LogP contribution is 2.13. The monoisotopic (exact) mass is 351 g/mol. The van der Waals surface area contributed by atoms with Gasteiger partial charge < -0.3 is 15.0 Å². The van der Waals surface area contributed by atoms with Gasteiger partial charge >= 0.3 is 0 Å². The number of H-pyrrole nitrogens is 1. The normalized spacial score (nSPS) is 11.2. The number of imidazole rings is 1. The minimum atomic E-state index is 0.0186. The average molecular weight is 351 g/mol. The van der Waals surface area contributed by atoms with Gasteiger partial charge in [-0.2, -0.15) is 0 Å². The number of amides is 1. The Balaban J connectivity index is 1.51. The molecular weight excluding hydrogens is 326 g/mol. The van der Waals surface area contributed by atoms with E-state index in [-0.39, 0.29) is 12.0 Å². The van der Waals surface area contributed by atoms with Gasteiger partial charge in [-0.1, -0.05) is 36.4 Å². The molecule has 3 rings (SSSR count). The van der Waals surface area contributed by atoms with Crippen LogP contribution in [0, 0.1) is 0 Å². The van der Waals surface area contributed by atoms with Crippen LogP contribution >= 0.6 is 0 Å². The largest absolute Gasteiger partial charge is 0.374 e. The van der Waals surface area contributed by atoms with Crippen LogP contribution in [0.25, 0.3) is 11.0 Å². The van der Waals surface area contributed by atoms with Gasteiger partial charge in [-0.05, 0) is 37.1 Å². The first-order valence-electron chi connectivity index (χ1n) is 9.00. The van der Waals surface area contributed by atoms with Gasteiger partial charge in [0.2, 0.25) is 5.91 Å². The van der Waals surface area contributed by atoms with Crippen molar-refractivity contribution in [2.45, 2.75) is 45.9 Å². The summed E-state index contributed by atoms with van der Waals surface area (Å²) in [5, 5.41) is 2.99. The van der Waals surface area contributed by atoms with Crippen LogP contribution in [0.1, 0.15) is 37.2 Å². The number of fused-ring (bicyclic) bond motifs is 1. The lowest BCUT2D eigenvalue weighted by molar-refractivity contribution is -0.121. The van der Waals surface area contributed by atoms with E-state index < -0.39 is 0 Å². The van der Waals surface area contributed by atoms with Crippen LogP contribution in [-0.2, 0) is 29.1 Å². The van der Waals surface area contributed by atoms with E-state index in [4.69, 9.17) is 4.74 Å². The topological polar surface area (TPSA) is 67.0 Å². The summed E-state index contributed by atoms with van der Waals surface area (Å²) in [5.41, 5.74) is 4.13. The minimum Gasteiger partial charge on any atom is -0.374 e. The Bertz CT molecular complexity index is 837. The van der Waals surface area contributed by atoms with Gasteiger partial charge in [-0.15, -0.1) is 0 Å². The zero-order chi connectivity index (χ0) is 18.4. The van der Waals surface area contributed by atoms with Crippen molar-refractivity contribution in [2.24, 2.45) is 0 Å². The maximum absolute atomic E-state index is 12.2. The Morgan fingerprint density at radius 2 is 1.85 bits per heavy atom. The quantitative estimate of drug-likeness (QED) is 0.650. The molecule has 1 heterocycles. The van der Waals surface area contributed by atoms with E-state index in [0.717, 1.165) is 28.0 Å². The number of rotatable bonds is 8. The molecule has 2 N–H and O–H groups in total. The molecular formula is C21H25N3O2. The van der Waals surface area contributed by atoms with Crippen molar-refractivity contribution in [3.8, 4) is 0 Å². The molecule has 0 atom stereocenters. The molecule has 0 saturated heterocycles. The van der Waals surface area contributed by atoms with Crippen molar-refractivity contribution in [1.29, 1.82) is 0 Å². The smallest absolute Gasteiger partial charge is 0.220 e. The molecule has 0 spiro atoms. The molecule has 0 bridgehead atoms. The molecule has 0 aliphatic rings. The molecule has 3 aromatic rings. The van der Waals surface area contributed by atoms with E-state index in [1.807, 2.05) is 62.4 Å². The summed E-state index contributed by atoms with van der Waals surface area (Å²) in [4.78, 5) is 20.0. The Kier molecular flexibility index (Phi) is 6.02. The van der Waals surface area contributed by atoms with Crippen LogP contribution in [0.15, 0.2) is 48.5 Å². The SMILES string of the molecule is CC(C)OCc1ccccc1CNC(=O)CCc1nc2ccccc2[nH]1. The third kappa shape index (κ3) is 4.92. The first-order chi connectivity index (χ1) is 12.6. The van der Waals surface area contributed by atoms with E-state index >= 15 is 0 Å². The predicted octanol–water partition coefficient (Wildman–Crippen LogP) is 3.74. The number of hydrogen-bond acceptors (Lipinski definition) is 3. The second-order valence-corrected chi connectivity index (χ2v) is 6.61. The Morgan fingerprint density at radius 3 is 2.62 bits per heavy atom. The Labute approximate surface area is 153 Å². The fraction of sp³-hybridized carbons (Fsp3) is 0.333. The molecule has 1 amide bonds. The number of benzene rings is 2. The lowest BCUT2D eigenvalue weighted by Gasteiger charge is -2.12. The molecule has 26 heavy (non-hydrogen) atoms. The number of nitrogens with one attached hydrogen (secondary N) is 2. The average Bonchev–Trinajstić information content (AvgIpc) is 3.06. The lowest BCUT2D eigenvalue weighted by atomic mass is 10.1. The highest BCUT2D eigenvalue weighted by molar-refractivity contribution is 5.77. The third-order valence-electron chi connectivity index (χ3n) is 4.19. The van der Waals surface area contributed by atoms with Crippen molar-refractivity contribution in [2.75, 3.05) is 0 Å². The maximum Gasteiger partial charge on any atom is 0.220 e. The Morgan fingerprint density at radius 1 is 1.12 bits per heavy atom. The van der Waals surface area contributed by atoms with Crippen LogP contribution in [0.3, 0.4) is 0 Å². The zero-order valence-corrected chi connectivity index (χ0v) is 15.3. The van der Waals surface area contributed by atoms with Crippen LogP contribution in [-0.4, -0.2) is 22.0 Å². The first-order valence-corrected chi connectivity index (χ1v) is 9.00. The fourth-order valence-electron chi connectivity index (χ4n) is 2.77. The molecule has 0 radical (unpaired) electrons. The van der Waals surface area contributed by atoms with Gasteiger partial charge in [0.1, 0.15) is 5.82 Å². The number of aromatic nitrogens is 2. The standard InChI is InChI=1S/C21H25N3O2/c1-15(2)26-14-17-8-4-3-7-16(17)13-22-21(25)12-11-20-23-18-9-5-6-10-19(18)24-20/h3-10,15H,11-14H2,1-2H3,(H,22,25)(H,23,24). The zero-order valence-electron chi connectivity index (χ0n) is 15.3. The van der Waals surface area contributed by atoms with Gasteiger partial charge in [-0.25, -0.2) is 4.98 Å². The first kappa shape index (κ1) is 18.1. The van der Waals surface area contributed by atoms with E-state index in [2.05, 4.69) is 15.3 Å². The molecule has 5 heteroatoms. The van der Waals surface area contributed by atoms with Crippen LogP contribution in [0.4, 0.5) is 0 Å². The number of carbonyl (C=O) groups excluding carboxylic acids is 1. The molecule has 1 aromatic heterocycles. The van der Waals surface area contributed by atoms with Crippen molar-refractivity contribution >= 4 is 16.9 Å². The molecule has 5 nitrogen and oxygen atoms in total. The van der Waals surface area contributed by atoms with Crippen LogP contribution < -0.4 is 5.32 Å². The number of aromatic amines is 1. The van der Waals surface area contributed by atoms with Gasteiger partial charge in [0.05, 0.1) is 23.7 Å². The number of carbonyl (C=O) groups is 1. The molecule has 0 fully saturated rings. The highest BCUT2D eigenvalue weighted by Gasteiger charge is 2.08. The summed E-state index contributed by atoms with van der Waals surface area (Å²) < 4.78 is 5.68. The van der Waals surface area contributed by atoms with Crippen LogP contribution in [0.2, 0.25) is 0 Å². The molecule has 2 aromatic carbocycles. The van der Waals surface area contributed by atoms with E-state index in [0.29, 0.717) is 26.0 Å². The number of nitrogens with zero attached hydrogens (tertiary/aromatic N) is 1. The van der Waals surface area contributed by atoms with Gasteiger partial charge in [0.15, 0.2) is 0 Å². The van der Waals surface area contributed by atoms with Crippen molar-refractivity contribution in [3.05, 3.63) is 65.5 Å². The summed E-state index contributed by atoms with van der Waals surface area (Å²) in [6.07, 6.45) is 1.18. The van der Waals surface area contributed by atoms with E-state index in [1.54, 1.807) is 0 Å². The second-order valence-electron chi connectivity index (χ2n) is 6.61. The van der Waals surface area contributed by atoms with Crippen molar-refractivity contribution < 1.29 is 9.53 Å². The van der Waals surface area contributed by atoms with E-state index in [9.17, 15) is 4.79 Å². The summed E-state index contributed by atoms with van der Waals surface area (Å²) in [5.74, 6) is 0.858. The maximum atomic E-state index is 12.2. The van der Waals surface area contributed by atoms with E-state index in [1.165, 1.54) is 0 Å². The lowest BCUT2D eigenvalue weighted by Crippen LogP contribution is -2.24. The molecule has 0 unspecified atom stereocenters. The fourth-order valence-corrected chi connectivity index (χ4v) is 2.77. The summed E-state index contributed by atoms with van der Waals surface area (Å²) in [6, 6.07) is 15.9. The summed E-state index contributed by atoms with van der Waals surface area (Å²) >= 11 is 0. The van der Waals surface area contributed by atoms with Crippen molar-refractivity contribution in [1.82, 2.24) is 15.3 Å². The predicted molar refractivity (Wildman–Crippen MR) is 103 cm³/mol.